The Kier molecular flexibility index (Phi) is 8.53. The van der Waals surface area contributed by atoms with Gasteiger partial charge in [-0.15, -0.1) is 12.4 Å². The van der Waals surface area contributed by atoms with Crippen LogP contribution in [0.3, 0.4) is 0 Å². The predicted molar refractivity (Wildman–Crippen MR) is 98.3 cm³/mol. The Bertz CT molecular complexity index is 525. The Morgan fingerprint density at radius 2 is 2.04 bits per heavy atom. The van der Waals surface area contributed by atoms with E-state index in [4.69, 9.17) is 9.47 Å². The molecule has 0 saturated carbocycles. The third-order valence-electron chi connectivity index (χ3n) is 4.49. The van der Waals surface area contributed by atoms with Crippen LogP contribution in [0.25, 0.3) is 0 Å². The van der Waals surface area contributed by atoms with Gasteiger partial charge in [0, 0.05) is 24.6 Å². The van der Waals surface area contributed by atoms with Crippen LogP contribution in [0.1, 0.15) is 35.7 Å². The fourth-order valence-electron chi connectivity index (χ4n) is 3.06. The zero-order valence-electron chi connectivity index (χ0n) is 14.8. The van der Waals surface area contributed by atoms with E-state index in [2.05, 4.69) is 10.6 Å². The molecule has 0 unspecified atom stereocenters. The smallest absolute Gasteiger partial charge is 0.251 e. The van der Waals surface area contributed by atoms with Crippen molar-refractivity contribution < 1.29 is 14.3 Å². The first-order chi connectivity index (χ1) is 11.1. The third kappa shape index (κ3) is 5.36. The molecule has 1 aromatic rings. The van der Waals surface area contributed by atoms with Crippen LogP contribution >= 0.6 is 12.4 Å². The number of halogens is 1. The highest BCUT2D eigenvalue weighted by atomic mass is 35.5. The minimum atomic E-state index is -0.0556. The number of carbonyl (C=O) groups is 1. The van der Waals surface area contributed by atoms with Gasteiger partial charge in [-0.1, -0.05) is 6.07 Å². The first kappa shape index (κ1) is 20.7. The van der Waals surface area contributed by atoms with Crippen LogP contribution in [0.15, 0.2) is 18.2 Å². The molecule has 0 spiro atoms. The molecule has 1 aliphatic heterocycles. The molecule has 24 heavy (non-hydrogen) atoms. The summed E-state index contributed by atoms with van der Waals surface area (Å²) in [6, 6.07) is 5.59. The van der Waals surface area contributed by atoms with E-state index < -0.39 is 0 Å². The monoisotopic (exact) mass is 356 g/mol. The fourth-order valence-corrected chi connectivity index (χ4v) is 3.06. The quantitative estimate of drug-likeness (QED) is 0.788. The number of ether oxygens (including phenoxy) is 2. The van der Waals surface area contributed by atoms with E-state index in [9.17, 15) is 4.79 Å². The Labute approximate surface area is 150 Å². The van der Waals surface area contributed by atoms with Gasteiger partial charge in [0.2, 0.25) is 0 Å². The van der Waals surface area contributed by atoms with E-state index >= 15 is 0 Å². The molecule has 2 N–H and O–H groups in total. The lowest BCUT2D eigenvalue weighted by Crippen LogP contribution is -2.47. The molecule has 136 valence electrons. The van der Waals surface area contributed by atoms with Gasteiger partial charge in [0.05, 0.1) is 13.2 Å². The summed E-state index contributed by atoms with van der Waals surface area (Å²) in [5.41, 5.74) is 1.71. The Morgan fingerprint density at radius 1 is 1.33 bits per heavy atom. The van der Waals surface area contributed by atoms with Crippen LogP contribution in [-0.2, 0) is 4.74 Å². The molecule has 6 heteroatoms. The van der Waals surface area contributed by atoms with E-state index in [1.807, 2.05) is 32.0 Å². The minimum Gasteiger partial charge on any atom is -0.494 e. The predicted octanol–water partition coefficient (Wildman–Crippen LogP) is 2.56. The van der Waals surface area contributed by atoms with Crippen LogP contribution in [0.2, 0.25) is 0 Å². The third-order valence-corrected chi connectivity index (χ3v) is 4.49. The summed E-state index contributed by atoms with van der Waals surface area (Å²) in [4.78, 5) is 12.5. The van der Waals surface area contributed by atoms with Crippen molar-refractivity contribution in [1.29, 1.82) is 0 Å². The molecule has 0 aliphatic carbocycles. The summed E-state index contributed by atoms with van der Waals surface area (Å²) in [6.07, 6.45) is 2.03. The maximum atomic E-state index is 12.5. The Hall–Kier alpha value is -1.30. The summed E-state index contributed by atoms with van der Waals surface area (Å²) in [7, 11) is 1.72. The van der Waals surface area contributed by atoms with Gasteiger partial charge >= 0.3 is 0 Å². The van der Waals surface area contributed by atoms with Gasteiger partial charge in [-0.3, -0.25) is 4.79 Å². The molecule has 0 aromatic heterocycles. The Morgan fingerprint density at radius 3 is 2.67 bits per heavy atom. The van der Waals surface area contributed by atoms with Gasteiger partial charge in [0.15, 0.2) is 0 Å². The van der Waals surface area contributed by atoms with Crippen molar-refractivity contribution in [3.05, 3.63) is 29.3 Å². The number of aryl methyl sites for hydroxylation is 1. The summed E-state index contributed by atoms with van der Waals surface area (Å²) in [5, 5.41) is 6.44. The van der Waals surface area contributed by atoms with Crippen molar-refractivity contribution in [2.24, 2.45) is 5.41 Å². The average molecular weight is 357 g/mol. The van der Waals surface area contributed by atoms with Gasteiger partial charge in [-0.05, 0) is 57.5 Å². The normalized spacial score (nSPS) is 16.1. The average Bonchev–Trinajstić information content (AvgIpc) is 2.56. The number of amides is 1. The van der Waals surface area contributed by atoms with Crippen molar-refractivity contribution in [2.75, 3.05) is 40.0 Å². The van der Waals surface area contributed by atoms with E-state index in [0.717, 1.165) is 37.2 Å². The molecule has 1 aromatic carbocycles. The zero-order valence-corrected chi connectivity index (χ0v) is 15.6. The highest BCUT2D eigenvalue weighted by Crippen LogP contribution is 2.28. The van der Waals surface area contributed by atoms with Crippen molar-refractivity contribution in [3.8, 4) is 5.75 Å². The van der Waals surface area contributed by atoms with Crippen molar-refractivity contribution in [1.82, 2.24) is 10.6 Å². The van der Waals surface area contributed by atoms with Gasteiger partial charge < -0.3 is 20.1 Å². The number of piperidine rings is 1. The second-order valence-corrected chi connectivity index (χ2v) is 6.28. The van der Waals surface area contributed by atoms with Crippen LogP contribution in [0.4, 0.5) is 0 Å². The van der Waals surface area contributed by atoms with Gasteiger partial charge in [-0.25, -0.2) is 0 Å². The molecule has 1 amide bonds. The summed E-state index contributed by atoms with van der Waals surface area (Å²) in [6.45, 7) is 7.77. The van der Waals surface area contributed by atoms with Gasteiger partial charge in [0.1, 0.15) is 5.75 Å². The van der Waals surface area contributed by atoms with E-state index in [-0.39, 0.29) is 23.7 Å². The molecule has 0 radical (unpaired) electrons. The number of benzene rings is 1. The molecule has 1 heterocycles. The van der Waals surface area contributed by atoms with E-state index in [1.54, 1.807) is 7.11 Å². The SMILES string of the molecule is CCOc1cc(C(=O)NCC2(COC)CCNCC2)ccc1C.Cl. The molecule has 0 atom stereocenters. The first-order valence-corrected chi connectivity index (χ1v) is 8.31. The van der Waals surface area contributed by atoms with E-state index in [0.29, 0.717) is 25.3 Å². The second kappa shape index (κ2) is 9.87. The lowest BCUT2D eigenvalue weighted by molar-refractivity contribution is 0.0511. The fraction of sp³-hybridized carbons (Fsp3) is 0.611. The number of rotatable bonds is 7. The lowest BCUT2D eigenvalue weighted by Gasteiger charge is -2.37. The van der Waals surface area contributed by atoms with Crippen molar-refractivity contribution >= 4 is 18.3 Å². The van der Waals surface area contributed by atoms with Crippen molar-refractivity contribution in [3.63, 3.8) is 0 Å². The molecule has 2 rings (SSSR count). The molecule has 1 aliphatic rings. The van der Waals surface area contributed by atoms with Crippen LogP contribution in [-0.4, -0.2) is 45.9 Å². The molecule has 1 saturated heterocycles. The lowest BCUT2D eigenvalue weighted by atomic mass is 9.79. The number of methoxy groups -OCH3 is 1. The van der Waals surface area contributed by atoms with Gasteiger partial charge in [-0.2, -0.15) is 0 Å². The van der Waals surface area contributed by atoms with Crippen LogP contribution < -0.4 is 15.4 Å². The molecular weight excluding hydrogens is 328 g/mol. The maximum Gasteiger partial charge on any atom is 0.251 e. The van der Waals surface area contributed by atoms with Gasteiger partial charge in [0.25, 0.3) is 5.91 Å². The molecular formula is C18H29ClN2O3. The largest absolute Gasteiger partial charge is 0.494 e. The minimum absolute atomic E-state index is 0. The van der Waals surface area contributed by atoms with Crippen LogP contribution in [0, 0.1) is 12.3 Å². The summed E-state index contributed by atoms with van der Waals surface area (Å²) < 4.78 is 11.0. The maximum absolute atomic E-state index is 12.5. The zero-order chi connectivity index (χ0) is 16.7. The molecule has 1 fully saturated rings. The number of nitrogens with one attached hydrogen (secondary N) is 2. The number of hydrogen-bond donors (Lipinski definition) is 2. The Balaban J connectivity index is 0.00000288. The molecule has 0 bridgehead atoms. The highest BCUT2D eigenvalue weighted by molar-refractivity contribution is 5.94. The summed E-state index contributed by atoms with van der Waals surface area (Å²) in [5.74, 6) is 0.716. The van der Waals surface area contributed by atoms with Crippen molar-refractivity contribution in [2.45, 2.75) is 26.7 Å². The summed E-state index contributed by atoms with van der Waals surface area (Å²) >= 11 is 0. The number of hydrogen-bond acceptors (Lipinski definition) is 4. The van der Waals surface area contributed by atoms with E-state index in [1.165, 1.54) is 0 Å². The topological polar surface area (TPSA) is 59.6 Å². The number of carbonyl (C=O) groups excluding carboxylic acids is 1. The second-order valence-electron chi connectivity index (χ2n) is 6.28. The first-order valence-electron chi connectivity index (χ1n) is 8.31. The molecule has 5 nitrogen and oxygen atoms in total. The van der Waals surface area contributed by atoms with Crippen LogP contribution in [0.5, 0.6) is 5.75 Å². The standard InChI is InChI=1S/C18H28N2O3.ClH/c1-4-23-16-11-15(6-5-14(16)2)17(21)20-12-18(13-22-3)7-9-19-10-8-18;/h5-6,11,19H,4,7-10,12-13H2,1-3H3,(H,20,21);1H. The highest BCUT2D eigenvalue weighted by Gasteiger charge is 2.32.